The van der Waals surface area contributed by atoms with E-state index in [1.54, 1.807) is 18.2 Å². The number of nitrogens with one attached hydrogen (secondary N) is 1. The molecule has 5 N–H and O–H groups in total. The average Bonchev–Trinajstić information content (AvgIpc) is 2.78. The zero-order chi connectivity index (χ0) is 25.3. The Morgan fingerprint density at radius 1 is 1.17 bits per heavy atom. The molecule has 0 spiro atoms. The Hall–Kier alpha value is -4.30. The molecule has 0 aliphatic rings. The van der Waals surface area contributed by atoms with Crippen molar-refractivity contribution in [3.8, 4) is 11.8 Å². The first-order valence-corrected chi connectivity index (χ1v) is 10.7. The summed E-state index contributed by atoms with van der Waals surface area (Å²) in [5, 5.41) is 12.7. The second-order valence-corrected chi connectivity index (χ2v) is 8.13. The van der Waals surface area contributed by atoms with E-state index in [0.29, 0.717) is 5.52 Å². The summed E-state index contributed by atoms with van der Waals surface area (Å²) in [6.45, 7) is 0.938. The molecular formula is C23H19ClF2N8O. The van der Waals surface area contributed by atoms with E-state index in [1.165, 1.54) is 28.8 Å². The third-order valence-electron chi connectivity index (χ3n) is 5.23. The molecule has 0 amide bonds. The zero-order valence-electron chi connectivity index (χ0n) is 18.4. The number of nitrogen functional groups attached to an aromatic ring is 2. The van der Waals surface area contributed by atoms with Crippen molar-refractivity contribution in [3.05, 3.63) is 74.8 Å². The standard InChI is InChI=1S/C23H19ClF2N8O/c1-23(25,26)12-4-2-5-13(10-12)34-17(31-16-7-3-6-15(24)18(16)21(34)35)8-9-30-20-14(11-27)19(28)32-22(29)33-20/h2-7,10H,8-9H2,1H3,(H5,28,29,30,32,33). The van der Waals surface area contributed by atoms with Crippen LogP contribution in [0.1, 0.15) is 23.9 Å². The van der Waals surface area contributed by atoms with E-state index >= 15 is 0 Å². The molecule has 4 rings (SSSR count). The molecule has 0 bridgehead atoms. The summed E-state index contributed by atoms with van der Waals surface area (Å²) in [5.74, 6) is -2.89. The number of hydrogen-bond acceptors (Lipinski definition) is 8. The van der Waals surface area contributed by atoms with Crippen LogP contribution in [-0.4, -0.2) is 26.1 Å². The summed E-state index contributed by atoms with van der Waals surface area (Å²) in [6.07, 6.45) is 0.152. The van der Waals surface area contributed by atoms with E-state index in [1.807, 2.05) is 6.07 Å². The Morgan fingerprint density at radius 3 is 2.63 bits per heavy atom. The van der Waals surface area contributed by atoms with Crippen LogP contribution in [0.15, 0.2) is 47.3 Å². The lowest BCUT2D eigenvalue weighted by Crippen LogP contribution is -2.26. The minimum Gasteiger partial charge on any atom is -0.382 e. The molecular weight excluding hydrogens is 478 g/mol. The Balaban J connectivity index is 1.80. The minimum atomic E-state index is -3.11. The van der Waals surface area contributed by atoms with Crippen molar-refractivity contribution in [1.82, 2.24) is 19.5 Å². The van der Waals surface area contributed by atoms with Gasteiger partial charge in [0, 0.05) is 25.5 Å². The lowest BCUT2D eigenvalue weighted by atomic mass is 10.1. The number of hydrogen-bond donors (Lipinski definition) is 3. The number of anilines is 3. The van der Waals surface area contributed by atoms with Gasteiger partial charge in [-0.15, -0.1) is 0 Å². The molecule has 35 heavy (non-hydrogen) atoms. The fourth-order valence-corrected chi connectivity index (χ4v) is 3.87. The molecule has 178 valence electrons. The van der Waals surface area contributed by atoms with E-state index in [0.717, 1.165) is 6.92 Å². The molecule has 0 aliphatic carbocycles. The molecule has 2 aromatic heterocycles. The maximum absolute atomic E-state index is 14.0. The van der Waals surface area contributed by atoms with Gasteiger partial charge in [0.25, 0.3) is 11.5 Å². The quantitative estimate of drug-likeness (QED) is 0.366. The largest absolute Gasteiger partial charge is 0.382 e. The zero-order valence-corrected chi connectivity index (χ0v) is 19.1. The van der Waals surface area contributed by atoms with Crippen molar-refractivity contribution in [2.24, 2.45) is 0 Å². The summed E-state index contributed by atoms with van der Waals surface area (Å²) in [7, 11) is 0. The number of halogens is 3. The van der Waals surface area contributed by atoms with Gasteiger partial charge in [0.15, 0.2) is 5.82 Å². The van der Waals surface area contributed by atoms with Crippen molar-refractivity contribution < 1.29 is 8.78 Å². The summed E-state index contributed by atoms with van der Waals surface area (Å²) < 4.78 is 29.3. The van der Waals surface area contributed by atoms with Gasteiger partial charge in [0.1, 0.15) is 23.3 Å². The summed E-state index contributed by atoms with van der Waals surface area (Å²) in [6, 6.07) is 12.3. The van der Waals surface area contributed by atoms with Crippen molar-refractivity contribution in [1.29, 1.82) is 5.26 Å². The number of benzene rings is 2. The fraction of sp³-hybridized carbons (Fsp3) is 0.174. The van der Waals surface area contributed by atoms with Crippen LogP contribution in [0.25, 0.3) is 16.6 Å². The lowest BCUT2D eigenvalue weighted by Gasteiger charge is -2.17. The first-order chi connectivity index (χ1) is 16.6. The number of rotatable bonds is 6. The van der Waals surface area contributed by atoms with E-state index in [4.69, 9.17) is 23.1 Å². The number of fused-ring (bicyclic) bond motifs is 1. The van der Waals surface area contributed by atoms with E-state index < -0.39 is 11.5 Å². The summed E-state index contributed by atoms with van der Waals surface area (Å²) in [4.78, 5) is 25.8. The molecule has 0 saturated heterocycles. The Morgan fingerprint density at radius 2 is 1.91 bits per heavy atom. The average molecular weight is 497 g/mol. The van der Waals surface area contributed by atoms with Crippen LogP contribution in [0, 0.1) is 11.3 Å². The van der Waals surface area contributed by atoms with Gasteiger partial charge in [-0.3, -0.25) is 9.36 Å². The highest BCUT2D eigenvalue weighted by Crippen LogP contribution is 2.29. The fourth-order valence-electron chi connectivity index (χ4n) is 3.61. The van der Waals surface area contributed by atoms with Gasteiger partial charge in [-0.1, -0.05) is 29.8 Å². The van der Waals surface area contributed by atoms with Crippen LogP contribution < -0.4 is 22.3 Å². The highest BCUT2D eigenvalue weighted by atomic mass is 35.5. The van der Waals surface area contributed by atoms with Crippen molar-refractivity contribution in [2.75, 3.05) is 23.3 Å². The molecule has 4 aromatic rings. The van der Waals surface area contributed by atoms with Crippen LogP contribution in [-0.2, 0) is 12.3 Å². The third-order valence-corrected chi connectivity index (χ3v) is 5.55. The molecule has 0 fully saturated rings. The van der Waals surface area contributed by atoms with Gasteiger partial charge in [-0.25, -0.2) is 13.8 Å². The molecule has 2 heterocycles. The molecule has 0 radical (unpaired) electrons. The van der Waals surface area contributed by atoms with Gasteiger partial charge >= 0.3 is 0 Å². The Kier molecular flexibility index (Phi) is 6.24. The number of nitrogens with zero attached hydrogens (tertiary/aromatic N) is 5. The maximum Gasteiger partial charge on any atom is 0.270 e. The molecule has 0 atom stereocenters. The predicted molar refractivity (Wildman–Crippen MR) is 130 cm³/mol. The predicted octanol–water partition coefficient (Wildman–Crippen LogP) is 3.63. The van der Waals surface area contributed by atoms with Crippen LogP contribution >= 0.6 is 11.6 Å². The van der Waals surface area contributed by atoms with Crippen molar-refractivity contribution in [2.45, 2.75) is 19.3 Å². The molecule has 0 saturated carbocycles. The van der Waals surface area contributed by atoms with Gasteiger partial charge < -0.3 is 16.8 Å². The summed E-state index contributed by atoms with van der Waals surface area (Å²) >= 11 is 6.27. The molecule has 0 aliphatic heterocycles. The first kappa shape index (κ1) is 23.8. The minimum absolute atomic E-state index is 0.0210. The van der Waals surface area contributed by atoms with E-state index in [9.17, 15) is 18.8 Å². The molecule has 2 aromatic carbocycles. The molecule has 0 unspecified atom stereocenters. The second kappa shape index (κ2) is 9.15. The number of nitrogens with two attached hydrogens (primary N) is 2. The van der Waals surface area contributed by atoms with Gasteiger partial charge in [-0.2, -0.15) is 15.2 Å². The third kappa shape index (κ3) is 4.69. The van der Waals surface area contributed by atoms with E-state index in [2.05, 4.69) is 20.3 Å². The van der Waals surface area contributed by atoms with Crippen LogP contribution in [0.4, 0.5) is 26.4 Å². The Labute approximate surface area is 203 Å². The SMILES string of the molecule is CC(F)(F)c1cccc(-n2c(CCNc3nc(N)nc(N)c3C#N)nc3cccc(Cl)c3c2=O)c1. The highest BCUT2D eigenvalue weighted by Gasteiger charge is 2.25. The lowest BCUT2D eigenvalue weighted by molar-refractivity contribution is 0.0174. The molecule has 12 heteroatoms. The monoisotopic (exact) mass is 496 g/mol. The Bertz CT molecular complexity index is 1540. The smallest absolute Gasteiger partial charge is 0.270 e. The van der Waals surface area contributed by atoms with Crippen LogP contribution in [0.5, 0.6) is 0 Å². The number of aromatic nitrogens is 4. The number of alkyl halides is 2. The maximum atomic E-state index is 14.0. The van der Waals surface area contributed by atoms with Crippen molar-refractivity contribution >= 4 is 40.1 Å². The highest BCUT2D eigenvalue weighted by molar-refractivity contribution is 6.35. The van der Waals surface area contributed by atoms with Crippen LogP contribution in [0.2, 0.25) is 5.02 Å². The topological polar surface area (TPSA) is 149 Å². The van der Waals surface area contributed by atoms with Gasteiger partial charge in [0.05, 0.1) is 21.6 Å². The molecule has 9 nitrogen and oxygen atoms in total. The van der Waals surface area contributed by atoms with Gasteiger partial charge in [-0.05, 0) is 24.3 Å². The van der Waals surface area contributed by atoms with Gasteiger partial charge in [0.2, 0.25) is 5.95 Å². The summed E-state index contributed by atoms with van der Waals surface area (Å²) in [5.41, 5.74) is 11.2. The van der Waals surface area contributed by atoms with E-state index in [-0.39, 0.29) is 63.6 Å². The van der Waals surface area contributed by atoms with Crippen LogP contribution in [0.3, 0.4) is 0 Å². The normalized spacial score (nSPS) is 11.4. The van der Waals surface area contributed by atoms with Crippen molar-refractivity contribution in [3.63, 3.8) is 0 Å². The second-order valence-electron chi connectivity index (χ2n) is 7.72. The first-order valence-electron chi connectivity index (χ1n) is 10.4. The number of nitriles is 1.